The molecule has 3 aromatic rings. The molecule has 29 heavy (non-hydrogen) atoms. The Morgan fingerprint density at radius 1 is 1.03 bits per heavy atom. The van der Waals surface area contributed by atoms with E-state index >= 15 is 0 Å². The van der Waals surface area contributed by atoms with Crippen molar-refractivity contribution in [1.82, 2.24) is 15.3 Å². The van der Waals surface area contributed by atoms with Crippen molar-refractivity contribution in [3.63, 3.8) is 0 Å². The molecular formula is C22H19ClN4O2. The molecule has 7 heteroatoms. The number of pyridine rings is 2. The Hall–Kier alpha value is -3.25. The molecule has 0 spiro atoms. The minimum atomic E-state index is -0.199. The van der Waals surface area contributed by atoms with Gasteiger partial charge in [-0.25, -0.2) is 0 Å². The van der Waals surface area contributed by atoms with Gasteiger partial charge in [0.05, 0.1) is 11.9 Å². The lowest BCUT2D eigenvalue weighted by Gasteiger charge is -2.11. The molecule has 2 N–H and O–H groups in total. The van der Waals surface area contributed by atoms with Gasteiger partial charge in [0, 0.05) is 41.1 Å². The maximum atomic E-state index is 12.7. The molecule has 2 aromatic heterocycles. The van der Waals surface area contributed by atoms with Crippen LogP contribution in [0.3, 0.4) is 0 Å². The first-order chi connectivity index (χ1) is 14.1. The van der Waals surface area contributed by atoms with E-state index in [2.05, 4.69) is 20.6 Å². The van der Waals surface area contributed by atoms with Gasteiger partial charge >= 0.3 is 0 Å². The fraction of sp³-hybridized carbons (Fsp3) is 0.182. The molecule has 0 atom stereocenters. The molecule has 1 amide bonds. The van der Waals surface area contributed by atoms with Gasteiger partial charge in [0.25, 0.3) is 5.91 Å². The average molecular weight is 407 g/mol. The maximum Gasteiger partial charge on any atom is 0.270 e. The maximum absolute atomic E-state index is 12.7. The summed E-state index contributed by atoms with van der Waals surface area (Å²) in [6.45, 7) is 0. The van der Waals surface area contributed by atoms with E-state index in [-0.39, 0.29) is 24.2 Å². The number of benzene rings is 1. The predicted octanol–water partition coefficient (Wildman–Crippen LogP) is 4.19. The minimum absolute atomic E-state index is 0.0861. The van der Waals surface area contributed by atoms with Gasteiger partial charge in [0.2, 0.25) is 0 Å². The fourth-order valence-corrected chi connectivity index (χ4v) is 2.96. The highest BCUT2D eigenvalue weighted by Gasteiger charge is 2.24. The molecule has 146 valence electrons. The minimum Gasteiger partial charge on any atom is -0.354 e. The highest BCUT2D eigenvalue weighted by atomic mass is 35.5. The van der Waals surface area contributed by atoms with E-state index in [4.69, 9.17) is 11.6 Å². The molecule has 1 aliphatic carbocycles. The molecular weight excluding hydrogens is 388 g/mol. The zero-order valence-electron chi connectivity index (χ0n) is 15.6. The number of nitrogens with one attached hydrogen (secondary N) is 2. The summed E-state index contributed by atoms with van der Waals surface area (Å²) >= 11 is 5.93. The van der Waals surface area contributed by atoms with Crippen LogP contribution in [0.1, 0.15) is 39.3 Å². The van der Waals surface area contributed by atoms with Crippen LogP contribution in [0.4, 0.5) is 11.4 Å². The number of hydrogen-bond donors (Lipinski definition) is 2. The first kappa shape index (κ1) is 19.1. The Morgan fingerprint density at radius 3 is 2.52 bits per heavy atom. The molecule has 2 heterocycles. The Kier molecular flexibility index (Phi) is 5.53. The summed E-state index contributed by atoms with van der Waals surface area (Å²) < 4.78 is 0. The normalized spacial score (nSPS) is 13.0. The SMILES string of the molecule is O=C(Cc1ccncc1Nc1ccc(Cl)cc1)c1ccc(C(=O)NC2CC2)nc1. The number of halogens is 1. The molecule has 0 saturated heterocycles. The number of anilines is 2. The van der Waals surface area contributed by atoms with Crippen LogP contribution in [0.2, 0.25) is 5.02 Å². The Bertz CT molecular complexity index is 1030. The molecule has 0 aliphatic heterocycles. The summed E-state index contributed by atoms with van der Waals surface area (Å²) in [5, 5.41) is 6.80. The van der Waals surface area contributed by atoms with Crippen molar-refractivity contribution < 1.29 is 9.59 Å². The number of ketones is 1. The number of carbonyl (C=O) groups is 2. The number of amides is 1. The first-order valence-corrected chi connectivity index (χ1v) is 9.72. The lowest BCUT2D eigenvalue weighted by molar-refractivity contribution is 0.0942. The Labute approximate surface area is 173 Å². The van der Waals surface area contributed by atoms with Crippen LogP contribution in [0.25, 0.3) is 0 Å². The number of nitrogens with zero attached hydrogens (tertiary/aromatic N) is 2. The van der Waals surface area contributed by atoms with E-state index in [0.29, 0.717) is 16.3 Å². The van der Waals surface area contributed by atoms with Gasteiger partial charge in [-0.2, -0.15) is 0 Å². The second kappa shape index (κ2) is 8.41. The number of rotatable bonds is 7. The van der Waals surface area contributed by atoms with Crippen molar-refractivity contribution >= 4 is 34.7 Å². The second-order valence-electron chi connectivity index (χ2n) is 6.94. The second-order valence-corrected chi connectivity index (χ2v) is 7.38. The van der Waals surface area contributed by atoms with Crippen molar-refractivity contribution in [1.29, 1.82) is 0 Å². The predicted molar refractivity (Wildman–Crippen MR) is 112 cm³/mol. The van der Waals surface area contributed by atoms with Gasteiger partial charge in [0.1, 0.15) is 5.69 Å². The van der Waals surface area contributed by atoms with Crippen molar-refractivity contribution in [3.05, 3.63) is 82.9 Å². The molecule has 4 rings (SSSR count). The van der Waals surface area contributed by atoms with Crippen molar-refractivity contribution in [2.45, 2.75) is 25.3 Å². The van der Waals surface area contributed by atoms with Crippen LogP contribution in [-0.2, 0) is 6.42 Å². The standard InChI is InChI=1S/C22H19ClN4O2/c23-16-2-4-17(5-3-16)26-20-13-24-10-9-14(20)11-21(28)15-1-8-19(25-12-15)22(29)27-18-6-7-18/h1-5,8-10,12-13,18,26H,6-7,11H2,(H,27,29). The highest BCUT2D eigenvalue weighted by molar-refractivity contribution is 6.30. The summed E-state index contributed by atoms with van der Waals surface area (Å²) in [6, 6.07) is 12.6. The molecule has 0 radical (unpaired) electrons. The van der Waals surface area contributed by atoms with Crippen LogP contribution in [0, 0.1) is 0 Å². The Morgan fingerprint density at radius 2 is 1.83 bits per heavy atom. The van der Waals surface area contributed by atoms with Gasteiger partial charge in [-0.1, -0.05) is 11.6 Å². The molecule has 1 aliphatic rings. The molecule has 1 saturated carbocycles. The molecule has 0 bridgehead atoms. The van der Waals surface area contributed by atoms with Crippen LogP contribution >= 0.6 is 11.6 Å². The van der Waals surface area contributed by atoms with Gasteiger partial charge in [0.15, 0.2) is 5.78 Å². The fourth-order valence-electron chi connectivity index (χ4n) is 2.83. The average Bonchev–Trinajstić information content (AvgIpc) is 3.55. The van der Waals surface area contributed by atoms with E-state index in [1.807, 2.05) is 12.1 Å². The van der Waals surface area contributed by atoms with Gasteiger partial charge in [-0.15, -0.1) is 0 Å². The summed E-state index contributed by atoms with van der Waals surface area (Å²) in [4.78, 5) is 33.0. The van der Waals surface area contributed by atoms with Crippen molar-refractivity contribution in [2.75, 3.05) is 5.32 Å². The quantitative estimate of drug-likeness (QED) is 0.575. The van der Waals surface area contributed by atoms with Crippen molar-refractivity contribution in [2.24, 2.45) is 0 Å². The molecule has 0 unspecified atom stereocenters. The van der Waals surface area contributed by atoms with Gasteiger partial charge in [-0.05, 0) is 60.9 Å². The van der Waals surface area contributed by atoms with E-state index < -0.39 is 0 Å². The van der Waals surface area contributed by atoms with E-state index in [1.54, 1.807) is 42.7 Å². The molecule has 1 aromatic carbocycles. The van der Waals surface area contributed by atoms with Crippen LogP contribution < -0.4 is 10.6 Å². The number of carbonyl (C=O) groups excluding carboxylic acids is 2. The summed E-state index contributed by atoms with van der Waals surface area (Å²) in [5.74, 6) is -0.285. The van der Waals surface area contributed by atoms with Crippen molar-refractivity contribution in [3.8, 4) is 0 Å². The van der Waals surface area contributed by atoms with E-state index in [1.165, 1.54) is 6.20 Å². The largest absolute Gasteiger partial charge is 0.354 e. The number of aromatic nitrogens is 2. The summed E-state index contributed by atoms with van der Waals surface area (Å²) in [6.07, 6.45) is 7.01. The Balaban J connectivity index is 1.45. The molecule has 6 nitrogen and oxygen atoms in total. The van der Waals surface area contributed by atoms with Crippen LogP contribution in [0.15, 0.2) is 61.1 Å². The smallest absolute Gasteiger partial charge is 0.270 e. The van der Waals surface area contributed by atoms with Gasteiger partial charge in [-0.3, -0.25) is 19.6 Å². The summed E-state index contributed by atoms with van der Waals surface area (Å²) in [7, 11) is 0. The van der Waals surface area contributed by atoms with Gasteiger partial charge < -0.3 is 10.6 Å². The third kappa shape index (κ3) is 4.97. The highest BCUT2D eigenvalue weighted by Crippen LogP contribution is 2.23. The monoisotopic (exact) mass is 406 g/mol. The van der Waals surface area contributed by atoms with Crippen LogP contribution in [0.5, 0.6) is 0 Å². The summed E-state index contributed by atoms with van der Waals surface area (Å²) in [5.41, 5.74) is 3.19. The van der Waals surface area contributed by atoms with E-state index in [0.717, 1.165) is 29.8 Å². The number of Topliss-reactive ketones (excluding diaryl/α,β-unsaturated/α-hetero) is 1. The van der Waals surface area contributed by atoms with Crippen LogP contribution in [-0.4, -0.2) is 27.7 Å². The topological polar surface area (TPSA) is 84.0 Å². The lowest BCUT2D eigenvalue weighted by atomic mass is 10.0. The lowest BCUT2D eigenvalue weighted by Crippen LogP contribution is -2.26. The first-order valence-electron chi connectivity index (χ1n) is 9.34. The zero-order valence-corrected chi connectivity index (χ0v) is 16.3. The van der Waals surface area contributed by atoms with E-state index in [9.17, 15) is 9.59 Å². The molecule has 1 fully saturated rings. The zero-order chi connectivity index (χ0) is 20.2. The number of hydrogen-bond acceptors (Lipinski definition) is 5. The third-order valence-corrected chi connectivity index (χ3v) is 4.87. The third-order valence-electron chi connectivity index (χ3n) is 4.62.